The fourth-order valence-corrected chi connectivity index (χ4v) is 5.25. The van der Waals surface area contributed by atoms with Crippen molar-refractivity contribution in [2.24, 2.45) is 11.8 Å². The van der Waals surface area contributed by atoms with Crippen molar-refractivity contribution in [3.8, 4) is 16.9 Å². The number of hydrogen-bond donors (Lipinski definition) is 1. The van der Waals surface area contributed by atoms with Crippen LogP contribution in [0.2, 0.25) is 0 Å². The van der Waals surface area contributed by atoms with Gasteiger partial charge in [-0.25, -0.2) is 9.07 Å². The van der Waals surface area contributed by atoms with Crippen LogP contribution in [0.15, 0.2) is 59.5 Å². The van der Waals surface area contributed by atoms with Crippen molar-refractivity contribution in [3.63, 3.8) is 0 Å². The number of carbonyl (C=O) groups is 1. The molecule has 1 saturated carbocycles. The highest BCUT2D eigenvalue weighted by molar-refractivity contribution is 5.94. The Morgan fingerprint density at radius 1 is 1.09 bits per heavy atom. The van der Waals surface area contributed by atoms with Gasteiger partial charge in [0.1, 0.15) is 11.5 Å². The molecule has 0 spiro atoms. The molecule has 6 rings (SSSR count). The van der Waals surface area contributed by atoms with Gasteiger partial charge in [0.05, 0.1) is 17.4 Å². The van der Waals surface area contributed by atoms with Gasteiger partial charge in [-0.1, -0.05) is 5.21 Å². The van der Waals surface area contributed by atoms with E-state index in [2.05, 4.69) is 34.3 Å². The molecule has 1 aliphatic carbocycles. The largest absolute Gasteiger partial charge is 0.338 e. The molecule has 1 aliphatic heterocycles. The van der Waals surface area contributed by atoms with Crippen LogP contribution < -0.4 is 5.56 Å². The molecule has 172 valence electrons. The summed E-state index contributed by atoms with van der Waals surface area (Å²) >= 11 is 0. The first-order chi connectivity index (χ1) is 16.4. The lowest BCUT2D eigenvalue weighted by Crippen LogP contribution is -2.35. The molecule has 0 radical (unpaired) electrons. The van der Waals surface area contributed by atoms with Gasteiger partial charge in [-0.05, 0) is 74.5 Å². The molecule has 0 unspecified atom stereocenters. The van der Waals surface area contributed by atoms with Crippen molar-refractivity contribution in [1.82, 2.24) is 29.8 Å². The summed E-state index contributed by atoms with van der Waals surface area (Å²) in [5.74, 6) is 0.834. The second-order valence-corrected chi connectivity index (χ2v) is 9.33. The first-order valence-electron chi connectivity index (χ1n) is 11.2. The van der Waals surface area contributed by atoms with Crippen LogP contribution in [0, 0.1) is 17.7 Å². The maximum atomic E-state index is 13.6. The van der Waals surface area contributed by atoms with Crippen LogP contribution in [0.25, 0.3) is 27.8 Å². The van der Waals surface area contributed by atoms with Gasteiger partial charge in [-0.2, -0.15) is 0 Å². The van der Waals surface area contributed by atoms with Crippen LogP contribution in [-0.2, 0) is 0 Å². The van der Waals surface area contributed by atoms with Gasteiger partial charge in [0.2, 0.25) is 0 Å². The van der Waals surface area contributed by atoms with E-state index in [-0.39, 0.29) is 17.3 Å². The highest BCUT2D eigenvalue weighted by Gasteiger charge is 2.57. The van der Waals surface area contributed by atoms with E-state index in [0.717, 1.165) is 18.8 Å². The van der Waals surface area contributed by atoms with E-state index in [1.807, 2.05) is 17.0 Å². The normalized spacial score (nSPS) is 21.3. The standard InChI is InChI=1S/C25H23FN6O2/c1-30(2)23-19-11-31(12-20(19)23)25(34)14-3-6-17(7-4-14)32-13-22(28-29-32)18-10-15-9-16(26)5-8-21(15)27-24(18)33/h3-10,13,19-20,23H,11-12H2,1-2H3,(H,27,33)/t19-,20+,23+. The maximum Gasteiger partial charge on any atom is 0.258 e. The molecule has 2 aromatic heterocycles. The Morgan fingerprint density at radius 3 is 2.53 bits per heavy atom. The van der Waals surface area contributed by atoms with Crippen molar-refractivity contribution in [2.45, 2.75) is 6.04 Å². The summed E-state index contributed by atoms with van der Waals surface area (Å²) in [4.78, 5) is 32.4. The summed E-state index contributed by atoms with van der Waals surface area (Å²) in [6.07, 6.45) is 1.64. The number of rotatable bonds is 4. The number of hydrogen-bond acceptors (Lipinski definition) is 5. The second-order valence-electron chi connectivity index (χ2n) is 9.33. The summed E-state index contributed by atoms with van der Waals surface area (Å²) in [5.41, 5.74) is 2.26. The third kappa shape index (κ3) is 3.40. The Kier molecular flexibility index (Phi) is 4.63. The Bertz CT molecular complexity index is 1460. The zero-order chi connectivity index (χ0) is 23.6. The molecular formula is C25H23FN6O2. The Hall–Kier alpha value is -3.85. The summed E-state index contributed by atoms with van der Waals surface area (Å²) in [6.45, 7) is 1.62. The second kappa shape index (κ2) is 7.59. The van der Waals surface area contributed by atoms with E-state index < -0.39 is 0 Å². The fraction of sp³-hybridized carbons (Fsp3) is 0.280. The number of aromatic amines is 1. The number of halogens is 1. The number of piperidine rings is 1. The van der Waals surface area contributed by atoms with E-state index >= 15 is 0 Å². The third-order valence-electron chi connectivity index (χ3n) is 6.99. The first-order valence-corrected chi connectivity index (χ1v) is 11.2. The van der Waals surface area contributed by atoms with Crippen LogP contribution in [0.1, 0.15) is 10.4 Å². The highest BCUT2D eigenvalue weighted by atomic mass is 19.1. The fourth-order valence-electron chi connectivity index (χ4n) is 5.25. The van der Waals surface area contributed by atoms with Crippen molar-refractivity contribution in [1.29, 1.82) is 0 Å². The minimum atomic E-state index is -0.382. The Morgan fingerprint density at radius 2 is 1.82 bits per heavy atom. The zero-order valence-electron chi connectivity index (χ0n) is 18.8. The van der Waals surface area contributed by atoms with E-state index in [1.165, 1.54) is 18.2 Å². The van der Waals surface area contributed by atoms with Crippen LogP contribution >= 0.6 is 0 Å². The first kappa shape index (κ1) is 20.7. The number of aromatic nitrogens is 4. The molecule has 2 fully saturated rings. The van der Waals surface area contributed by atoms with E-state index in [4.69, 9.17) is 0 Å². The van der Waals surface area contributed by atoms with Gasteiger partial charge in [-0.3, -0.25) is 9.59 Å². The lowest BCUT2D eigenvalue weighted by molar-refractivity contribution is 0.0762. The average molecular weight is 458 g/mol. The minimum absolute atomic E-state index is 0.0467. The SMILES string of the molecule is CN(C)[C@H]1[C@@H]2CN(C(=O)c3ccc(-n4cc(-c5cc6cc(F)ccc6[nH]c5=O)nn4)cc3)C[C@@H]21. The van der Waals surface area contributed by atoms with Crippen LogP contribution in [-0.4, -0.2) is 68.9 Å². The summed E-state index contributed by atoms with van der Waals surface area (Å²) in [5, 5.41) is 8.83. The monoisotopic (exact) mass is 458 g/mol. The van der Waals surface area contributed by atoms with E-state index in [0.29, 0.717) is 45.6 Å². The number of likely N-dealkylation sites (tertiary alicyclic amines) is 1. The van der Waals surface area contributed by atoms with Crippen LogP contribution in [0.4, 0.5) is 4.39 Å². The zero-order valence-corrected chi connectivity index (χ0v) is 18.8. The van der Waals surface area contributed by atoms with E-state index in [9.17, 15) is 14.0 Å². The molecule has 1 saturated heterocycles. The molecule has 1 amide bonds. The molecule has 9 heteroatoms. The van der Waals surface area contributed by atoms with Crippen molar-refractivity contribution >= 4 is 16.8 Å². The topological polar surface area (TPSA) is 87.1 Å². The number of amides is 1. The maximum absolute atomic E-state index is 13.6. The average Bonchev–Trinajstić information content (AvgIpc) is 3.16. The van der Waals surface area contributed by atoms with Crippen molar-refractivity contribution < 1.29 is 9.18 Å². The molecular weight excluding hydrogens is 435 g/mol. The number of carbonyl (C=O) groups excluding carboxylic acids is 1. The smallest absolute Gasteiger partial charge is 0.258 e. The highest BCUT2D eigenvalue weighted by Crippen LogP contribution is 2.48. The predicted octanol–water partition coefficient (Wildman–Crippen LogP) is 2.55. The number of pyridine rings is 1. The molecule has 1 N–H and O–H groups in total. The summed E-state index contributed by atoms with van der Waals surface area (Å²) in [7, 11) is 4.19. The van der Waals surface area contributed by atoms with Gasteiger partial charge in [0.25, 0.3) is 11.5 Å². The quantitative estimate of drug-likeness (QED) is 0.508. The molecule has 2 aliphatic rings. The van der Waals surface area contributed by atoms with Gasteiger partial charge in [-0.15, -0.1) is 5.10 Å². The Labute approximate surface area is 194 Å². The molecule has 0 bridgehead atoms. The van der Waals surface area contributed by atoms with Gasteiger partial charge < -0.3 is 14.8 Å². The van der Waals surface area contributed by atoms with Crippen molar-refractivity contribution in [3.05, 3.63) is 76.5 Å². The number of fused-ring (bicyclic) bond motifs is 2. The summed E-state index contributed by atoms with van der Waals surface area (Å²) in [6, 6.07) is 13.6. The van der Waals surface area contributed by atoms with Gasteiger partial charge in [0, 0.05) is 35.6 Å². The van der Waals surface area contributed by atoms with Gasteiger partial charge >= 0.3 is 0 Å². The number of benzene rings is 2. The lowest BCUT2D eigenvalue weighted by atomic mass is 10.1. The number of nitrogens with one attached hydrogen (secondary N) is 1. The van der Waals surface area contributed by atoms with Crippen LogP contribution in [0.3, 0.4) is 0 Å². The van der Waals surface area contributed by atoms with E-state index in [1.54, 1.807) is 29.1 Å². The summed E-state index contributed by atoms with van der Waals surface area (Å²) < 4.78 is 15.1. The number of nitrogens with zero attached hydrogens (tertiary/aromatic N) is 5. The number of H-pyrrole nitrogens is 1. The third-order valence-corrected chi connectivity index (χ3v) is 6.99. The predicted molar refractivity (Wildman–Crippen MR) is 125 cm³/mol. The molecule has 2 aromatic carbocycles. The molecule has 34 heavy (non-hydrogen) atoms. The molecule has 8 nitrogen and oxygen atoms in total. The molecule has 3 atom stereocenters. The Balaban J connectivity index is 1.21. The van der Waals surface area contributed by atoms with Crippen molar-refractivity contribution in [2.75, 3.05) is 27.2 Å². The van der Waals surface area contributed by atoms with Crippen LogP contribution in [0.5, 0.6) is 0 Å². The van der Waals surface area contributed by atoms with Gasteiger partial charge in [0.15, 0.2) is 0 Å². The lowest BCUT2D eigenvalue weighted by Gasteiger charge is -2.22. The minimum Gasteiger partial charge on any atom is -0.338 e. The molecule has 4 aromatic rings. The molecule has 3 heterocycles.